The number of amides is 2. The third kappa shape index (κ3) is 9.19. The third-order valence-electron chi connectivity index (χ3n) is 12.7. The molecule has 1 saturated carbocycles. The van der Waals surface area contributed by atoms with E-state index in [2.05, 4.69) is 79.1 Å². The van der Waals surface area contributed by atoms with Crippen molar-refractivity contribution >= 4 is 11.8 Å². The maximum absolute atomic E-state index is 13.8. The lowest BCUT2D eigenvalue weighted by molar-refractivity contribution is -0.190. The lowest BCUT2D eigenvalue weighted by Gasteiger charge is -2.38. The van der Waals surface area contributed by atoms with Gasteiger partial charge in [-0.05, 0) is 84.5 Å². The molecule has 2 saturated heterocycles. The molecule has 1 aliphatic carbocycles. The van der Waals surface area contributed by atoms with E-state index < -0.39 is 83.8 Å². The second-order valence-electron chi connectivity index (χ2n) is 19.7. The minimum absolute atomic E-state index is 0.0753. The fourth-order valence-corrected chi connectivity index (χ4v) is 8.35. The molecule has 4 aromatic rings. The van der Waals surface area contributed by atoms with E-state index in [0.29, 0.717) is 23.5 Å². The molecule has 3 aliphatic rings. The first kappa shape index (κ1) is 43.5. The van der Waals surface area contributed by atoms with E-state index >= 15 is 0 Å². The van der Waals surface area contributed by atoms with Crippen molar-refractivity contribution in [3.8, 4) is 22.5 Å². The van der Waals surface area contributed by atoms with Crippen molar-refractivity contribution in [1.29, 1.82) is 0 Å². The van der Waals surface area contributed by atoms with Crippen LogP contribution >= 0.6 is 0 Å². The predicted molar refractivity (Wildman–Crippen MR) is 221 cm³/mol. The number of benzene rings is 2. The molecule has 10 nitrogen and oxygen atoms in total. The van der Waals surface area contributed by atoms with Crippen LogP contribution in [0, 0.1) is 10.8 Å². The fraction of sp³-hybridized carbons (Fsp3) is 0.565. The van der Waals surface area contributed by atoms with Crippen LogP contribution in [0.1, 0.15) is 141 Å². The van der Waals surface area contributed by atoms with E-state index in [1.165, 1.54) is 11.1 Å². The quantitative estimate of drug-likeness (QED) is 0.118. The number of nitrogens with zero attached hydrogens (tertiary/aromatic N) is 2. The van der Waals surface area contributed by atoms with Gasteiger partial charge in [0, 0.05) is 12.8 Å². The number of H-pyrrole nitrogens is 2. The van der Waals surface area contributed by atoms with Gasteiger partial charge in [0.15, 0.2) is 0 Å². The first-order valence-corrected chi connectivity index (χ1v) is 20.9. The summed E-state index contributed by atoms with van der Waals surface area (Å²) < 4.78 is 65.9. The highest BCUT2D eigenvalue weighted by atomic mass is 19.3. The van der Waals surface area contributed by atoms with Gasteiger partial charge in [0.25, 0.3) is 23.7 Å². The van der Waals surface area contributed by atoms with Gasteiger partial charge in [-0.1, -0.05) is 90.1 Å². The molecular weight excluding hydrogens is 777 g/mol. The van der Waals surface area contributed by atoms with Gasteiger partial charge in [0.2, 0.25) is 0 Å². The van der Waals surface area contributed by atoms with Crippen molar-refractivity contribution in [2.75, 3.05) is 13.2 Å². The zero-order valence-electron chi connectivity index (χ0n) is 35.8. The van der Waals surface area contributed by atoms with Crippen molar-refractivity contribution in [2.24, 2.45) is 10.8 Å². The minimum Gasteiger partial charge on any atom is -0.359 e. The third-order valence-corrected chi connectivity index (χ3v) is 12.7. The first-order chi connectivity index (χ1) is 28.0. The van der Waals surface area contributed by atoms with Crippen molar-refractivity contribution in [3.05, 3.63) is 83.7 Å². The van der Waals surface area contributed by atoms with Crippen molar-refractivity contribution in [2.45, 2.75) is 141 Å². The monoisotopic (exact) mass is 834 g/mol. The van der Waals surface area contributed by atoms with Crippen LogP contribution in [-0.4, -0.2) is 68.0 Å². The number of carbonyl (C=O) groups is 2. The Kier molecular flexibility index (Phi) is 11.4. The van der Waals surface area contributed by atoms with Crippen LogP contribution in [0.25, 0.3) is 22.5 Å². The molecule has 0 unspecified atom stereocenters. The number of halogens is 4. The Balaban J connectivity index is 0.990. The minimum atomic E-state index is -2.93. The van der Waals surface area contributed by atoms with E-state index in [0.717, 1.165) is 35.4 Å². The number of carbonyl (C=O) groups excluding carboxylic acids is 2. The summed E-state index contributed by atoms with van der Waals surface area (Å²) in [6.45, 7) is 13.5. The molecule has 2 aliphatic heterocycles. The van der Waals surface area contributed by atoms with Gasteiger partial charge in [-0.2, -0.15) is 0 Å². The summed E-state index contributed by atoms with van der Waals surface area (Å²) in [4.78, 5) is 42.8. The number of imidazole rings is 2. The molecule has 7 rings (SSSR count). The smallest absolute Gasteiger partial charge is 0.271 e. The summed E-state index contributed by atoms with van der Waals surface area (Å²) in [7, 11) is 0. The standard InChI is InChI=1S/C46H58F4N6O4/c1-41(2,3)35(55-39(57)43(7)19-21-45(47,48)25-59-43)37-51-23-33(53-37)29-13-9-27(10-14-29)31-17-18-32(31)28-11-15-30(16-12-28)34-24-52-38(54-34)36(42(4,5)6)56-40(58)44(8)20-22-46(49,50)26-60-44/h9-16,23-24,31-32,35-36H,17-22,25-26H2,1-8H3,(H,51,53)(H,52,54)(H,55,57)(H,56,58)/t31-,32-,35-,36-,43-,44-/m1/s1. The molecule has 14 heteroatoms. The zero-order chi connectivity index (χ0) is 43.5. The van der Waals surface area contributed by atoms with Gasteiger partial charge in [0.05, 0.1) is 35.9 Å². The van der Waals surface area contributed by atoms with Gasteiger partial charge in [-0.15, -0.1) is 0 Å². The lowest BCUT2D eigenvalue weighted by atomic mass is 9.67. The van der Waals surface area contributed by atoms with Crippen LogP contribution in [-0.2, 0) is 19.1 Å². The second-order valence-corrected chi connectivity index (χ2v) is 19.7. The maximum atomic E-state index is 13.8. The molecule has 3 fully saturated rings. The molecule has 60 heavy (non-hydrogen) atoms. The molecule has 2 aromatic carbocycles. The number of rotatable bonds is 10. The van der Waals surface area contributed by atoms with Crippen LogP contribution in [0.2, 0.25) is 0 Å². The Bertz CT molecular complexity index is 2000. The summed E-state index contributed by atoms with van der Waals surface area (Å²) in [5.41, 5.74) is 2.45. The highest BCUT2D eigenvalue weighted by Gasteiger charge is 2.49. The molecule has 0 spiro atoms. The van der Waals surface area contributed by atoms with Crippen molar-refractivity contribution in [3.63, 3.8) is 0 Å². The zero-order valence-corrected chi connectivity index (χ0v) is 35.8. The van der Waals surface area contributed by atoms with E-state index in [-0.39, 0.29) is 12.8 Å². The highest BCUT2D eigenvalue weighted by Crippen LogP contribution is 2.49. The van der Waals surface area contributed by atoms with E-state index in [4.69, 9.17) is 9.47 Å². The van der Waals surface area contributed by atoms with Gasteiger partial charge >= 0.3 is 0 Å². The Labute approximate surface area is 349 Å². The van der Waals surface area contributed by atoms with Crippen LogP contribution in [0.4, 0.5) is 17.6 Å². The maximum Gasteiger partial charge on any atom is 0.271 e. The number of aromatic amines is 2. The SMILES string of the molecule is CC(C)(C)[C@H](NC(=O)[C@@]1(C)CCC(F)(F)CO1)c1ncc(-c2ccc([C@H]3CC[C@@H]3c3ccc(-c4cnc([C@@H](NC(=O)[C@@]5(C)CCC(F)(F)CO5)C(C)(C)C)[nH]4)cc3)cc2)[nH]1. The summed E-state index contributed by atoms with van der Waals surface area (Å²) >= 11 is 0. The summed E-state index contributed by atoms with van der Waals surface area (Å²) in [6.07, 6.45) is 4.69. The summed E-state index contributed by atoms with van der Waals surface area (Å²) in [5, 5.41) is 6.07. The molecule has 0 radical (unpaired) electrons. The molecule has 2 amide bonds. The van der Waals surface area contributed by atoms with Gasteiger partial charge in [-0.3, -0.25) is 9.59 Å². The van der Waals surface area contributed by atoms with E-state index in [9.17, 15) is 27.2 Å². The van der Waals surface area contributed by atoms with Gasteiger partial charge in [0.1, 0.15) is 36.1 Å². The van der Waals surface area contributed by atoms with Crippen molar-refractivity contribution in [1.82, 2.24) is 30.6 Å². The normalized spacial score (nSPS) is 26.4. The lowest BCUT2D eigenvalue weighted by Crippen LogP contribution is -2.54. The average Bonchev–Trinajstić information content (AvgIpc) is 3.86. The number of hydrogen-bond acceptors (Lipinski definition) is 6. The largest absolute Gasteiger partial charge is 0.359 e. The first-order valence-electron chi connectivity index (χ1n) is 20.9. The Morgan fingerprint density at radius 2 is 0.983 bits per heavy atom. The summed E-state index contributed by atoms with van der Waals surface area (Å²) in [6, 6.07) is 15.9. The second kappa shape index (κ2) is 15.7. The molecule has 0 bridgehead atoms. The topological polar surface area (TPSA) is 134 Å². The molecule has 2 aromatic heterocycles. The van der Waals surface area contributed by atoms with Crippen LogP contribution in [0.3, 0.4) is 0 Å². The molecule has 324 valence electrons. The van der Waals surface area contributed by atoms with Crippen LogP contribution < -0.4 is 10.6 Å². The van der Waals surface area contributed by atoms with Gasteiger partial charge < -0.3 is 30.1 Å². The van der Waals surface area contributed by atoms with E-state index in [1.54, 1.807) is 26.2 Å². The average molecular weight is 835 g/mol. The number of hydrogen-bond donors (Lipinski definition) is 4. The van der Waals surface area contributed by atoms with Crippen molar-refractivity contribution < 1.29 is 36.6 Å². The van der Waals surface area contributed by atoms with E-state index in [1.807, 2.05) is 41.5 Å². The summed E-state index contributed by atoms with van der Waals surface area (Å²) in [5.74, 6) is -4.87. The fourth-order valence-electron chi connectivity index (χ4n) is 8.35. The predicted octanol–water partition coefficient (Wildman–Crippen LogP) is 9.94. The number of alkyl halides is 4. The Morgan fingerprint density at radius 1 is 0.633 bits per heavy atom. The molecule has 6 atom stereocenters. The number of nitrogens with one attached hydrogen (secondary N) is 4. The molecular formula is C46H58F4N6O4. The van der Waals surface area contributed by atoms with Crippen LogP contribution in [0.5, 0.6) is 0 Å². The Hall–Kier alpha value is -4.56. The molecule has 4 N–H and O–H groups in total. The molecule has 4 heterocycles. The number of ether oxygens (including phenoxy) is 2. The number of aromatic nitrogens is 4. The van der Waals surface area contributed by atoms with Gasteiger partial charge in [-0.25, -0.2) is 27.5 Å². The van der Waals surface area contributed by atoms with Crippen LogP contribution in [0.15, 0.2) is 60.9 Å². The Morgan fingerprint density at radius 3 is 1.27 bits per heavy atom. The highest BCUT2D eigenvalue weighted by molar-refractivity contribution is 5.86.